The average molecular weight is 605 g/mol. The van der Waals surface area contributed by atoms with Crippen LogP contribution in [0.25, 0.3) is 0 Å². The van der Waals surface area contributed by atoms with Crippen molar-refractivity contribution in [2.45, 2.75) is 31.2 Å². The molecule has 0 unspecified atom stereocenters. The van der Waals surface area contributed by atoms with Crippen molar-refractivity contribution in [3.05, 3.63) is 109 Å². The number of anilines is 2. The van der Waals surface area contributed by atoms with Crippen molar-refractivity contribution >= 4 is 29.1 Å². The van der Waals surface area contributed by atoms with Crippen molar-refractivity contribution in [3.63, 3.8) is 0 Å². The van der Waals surface area contributed by atoms with Crippen molar-refractivity contribution in [3.8, 4) is 23.0 Å². The molecular weight excluding hydrogens is 568 g/mol. The second-order valence-corrected chi connectivity index (χ2v) is 11.3. The average Bonchev–Trinajstić information content (AvgIpc) is 3.35. The highest BCUT2D eigenvalue weighted by Crippen LogP contribution is 2.31. The Morgan fingerprint density at radius 3 is 1.38 bits per heavy atom. The van der Waals surface area contributed by atoms with Gasteiger partial charge in [-0.2, -0.15) is 0 Å². The number of benzene rings is 4. The normalized spacial score (nSPS) is 17.2. The molecule has 0 saturated carbocycles. The molecule has 0 bridgehead atoms. The fourth-order valence-corrected chi connectivity index (χ4v) is 5.74. The van der Waals surface area contributed by atoms with Crippen LogP contribution < -0.4 is 29.9 Å². The highest BCUT2D eigenvalue weighted by atomic mass is 16.5. The number of Topliss-reactive ketones (excluding diaryl/α,β-unsaturated/α-hetero) is 1. The molecule has 3 heterocycles. The van der Waals surface area contributed by atoms with Crippen LogP contribution >= 0.6 is 0 Å². The second-order valence-electron chi connectivity index (χ2n) is 11.3. The van der Waals surface area contributed by atoms with Gasteiger partial charge in [-0.05, 0) is 85.6 Å². The molecule has 230 valence electrons. The van der Waals surface area contributed by atoms with Crippen LogP contribution in [-0.2, 0) is 9.59 Å². The van der Waals surface area contributed by atoms with Crippen LogP contribution in [0.5, 0.6) is 23.0 Å². The number of ketones is 1. The Hall–Kier alpha value is -5.31. The summed E-state index contributed by atoms with van der Waals surface area (Å²) in [5.74, 6) is 3.41. The number of nitrogens with one attached hydrogen (secondary N) is 2. The topological polar surface area (TPSA) is 100 Å². The SMILES string of the molecule is O=C1CCN(c2ccc(Oc3ccccc3)cc2)CC1.O=C1NC(=O)C2(CCN(c3ccc(Oc4ccccc4)cc3)CC2)N1. The molecule has 3 fully saturated rings. The fourth-order valence-electron chi connectivity index (χ4n) is 5.74. The first kappa shape index (κ1) is 29.7. The molecule has 4 aromatic carbocycles. The fraction of sp³-hybridized carbons (Fsp3) is 0.250. The first-order chi connectivity index (χ1) is 22.0. The molecular formula is C36H36N4O5. The summed E-state index contributed by atoms with van der Waals surface area (Å²) in [6.45, 7) is 3.06. The highest BCUT2D eigenvalue weighted by molar-refractivity contribution is 6.07. The van der Waals surface area contributed by atoms with Gasteiger partial charge >= 0.3 is 6.03 Å². The van der Waals surface area contributed by atoms with Crippen LogP contribution in [0.1, 0.15) is 25.7 Å². The summed E-state index contributed by atoms with van der Waals surface area (Å²) >= 11 is 0. The van der Waals surface area contributed by atoms with E-state index in [1.54, 1.807) is 0 Å². The minimum absolute atomic E-state index is 0.205. The van der Waals surface area contributed by atoms with E-state index in [0.717, 1.165) is 47.5 Å². The Balaban J connectivity index is 0.000000163. The zero-order chi connectivity index (χ0) is 31.1. The number of hydrogen-bond acceptors (Lipinski definition) is 7. The molecule has 0 radical (unpaired) electrons. The smallest absolute Gasteiger partial charge is 0.322 e. The summed E-state index contributed by atoms with van der Waals surface area (Å²) in [4.78, 5) is 39.1. The maximum absolute atomic E-state index is 12.0. The first-order valence-corrected chi connectivity index (χ1v) is 15.3. The van der Waals surface area contributed by atoms with Gasteiger partial charge in [-0.25, -0.2) is 4.79 Å². The molecule has 0 aliphatic carbocycles. The third kappa shape index (κ3) is 7.44. The number of ether oxygens (including phenoxy) is 2. The zero-order valence-corrected chi connectivity index (χ0v) is 25.0. The molecule has 1 spiro atoms. The molecule has 4 aromatic rings. The second kappa shape index (κ2) is 13.5. The van der Waals surface area contributed by atoms with Crippen LogP contribution in [0.15, 0.2) is 109 Å². The largest absolute Gasteiger partial charge is 0.457 e. The van der Waals surface area contributed by atoms with E-state index in [9.17, 15) is 14.4 Å². The molecule has 2 N–H and O–H groups in total. The van der Waals surface area contributed by atoms with Crippen molar-refractivity contribution in [1.29, 1.82) is 0 Å². The van der Waals surface area contributed by atoms with E-state index in [1.807, 2.05) is 109 Å². The van der Waals surface area contributed by atoms with Crippen molar-refractivity contribution in [2.75, 3.05) is 36.0 Å². The number of urea groups is 1. The van der Waals surface area contributed by atoms with Gasteiger partial charge in [-0.1, -0.05) is 36.4 Å². The van der Waals surface area contributed by atoms with Gasteiger partial charge in [-0.3, -0.25) is 14.9 Å². The quantitative estimate of drug-likeness (QED) is 0.249. The summed E-state index contributed by atoms with van der Waals surface area (Å²) in [5.41, 5.74) is 1.50. The van der Waals surface area contributed by atoms with E-state index in [0.29, 0.717) is 44.6 Å². The lowest BCUT2D eigenvalue weighted by atomic mass is 9.87. The van der Waals surface area contributed by atoms with Gasteiger partial charge in [0.05, 0.1) is 0 Å². The predicted octanol–water partition coefficient (Wildman–Crippen LogP) is 6.31. The van der Waals surface area contributed by atoms with Crippen LogP contribution in [0.4, 0.5) is 16.2 Å². The monoisotopic (exact) mass is 604 g/mol. The van der Waals surface area contributed by atoms with E-state index >= 15 is 0 Å². The lowest BCUT2D eigenvalue weighted by molar-refractivity contribution is -0.124. The minimum atomic E-state index is -0.732. The van der Waals surface area contributed by atoms with Crippen molar-refractivity contribution < 1.29 is 23.9 Å². The predicted molar refractivity (Wildman–Crippen MR) is 173 cm³/mol. The molecule has 3 aliphatic rings. The molecule has 0 atom stereocenters. The Bertz CT molecular complexity index is 1590. The van der Waals surface area contributed by atoms with E-state index in [4.69, 9.17) is 9.47 Å². The number of amides is 3. The molecule has 45 heavy (non-hydrogen) atoms. The number of imide groups is 1. The number of hydrogen-bond donors (Lipinski definition) is 2. The maximum atomic E-state index is 12.0. The molecule has 3 saturated heterocycles. The number of nitrogens with zero attached hydrogens (tertiary/aromatic N) is 2. The number of carbonyl (C=O) groups is 3. The van der Waals surface area contributed by atoms with Gasteiger partial charge in [0, 0.05) is 50.4 Å². The Morgan fingerprint density at radius 2 is 0.956 bits per heavy atom. The van der Waals surface area contributed by atoms with Gasteiger partial charge in [0.2, 0.25) is 0 Å². The van der Waals surface area contributed by atoms with Gasteiger partial charge in [0.15, 0.2) is 0 Å². The zero-order valence-electron chi connectivity index (χ0n) is 25.0. The highest BCUT2D eigenvalue weighted by Gasteiger charge is 2.47. The number of carbonyl (C=O) groups excluding carboxylic acids is 3. The summed E-state index contributed by atoms with van der Waals surface area (Å²) < 4.78 is 11.6. The van der Waals surface area contributed by atoms with Gasteiger partial charge in [-0.15, -0.1) is 0 Å². The maximum Gasteiger partial charge on any atom is 0.322 e. The lowest BCUT2D eigenvalue weighted by Crippen LogP contribution is -2.54. The third-order valence-electron chi connectivity index (χ3n) is 8.31. The Labute approximate surface area is 262 Å². The van der Waals surface area contributed by atoms with Crippen molar-refractivity contribution in [2.24, 2.45) is 0 Å². The summed E-state index contributed by atoms with van der Waals surface area (Å²) in [6, 6.07) is 35.0. The molecule has 7 rings (SSSR count). The van der Waals surface area contributed by atoms with Gasteiger partial charge in [0.1, 0.15) is 34.3 Å². The Morgan fingerprint density at radius 1 is 0.533 bits per heavy atom. The van der Waals surface area contributed by atoms with Crippen LogP contribution in [0.3, 0.4) is 0 Å². The minimum Gasteiger partial charge on any atom is -0.457 e. The molecule has 3 amide bonds. The van der Waals surface area contributed by atoms with Gasteiger partial charge < -0.3 is 24.6 Å². The van der Waals surface area contributed by atoms with Crippen LogP contribution in [-0.4, -0.2) is 49.4 Å². The Kier molecular flexibility index (Phi) is 8.96. The van der Waals surface area contributed by atoms with Crippen LogP contribution in [0, 0.1) is 0 Å². The molecule has 3 aliphatic heterocycles. The summed E-state index contributed by atoms with van der Waals surface area (Å²) in [6.07, 6.45) is 2.52. The van der Waals surface area contributed by atoms with E-state index in [2.05, 4.69) is 20.4 Å². The van der Waals surface area contributed by atoms with Gasteiger partial charge in [0.25, 0.3) is 5.91 Å². The first-order valence-electron chi connectivity index (χ1n) is 15.3. The molecule has 9 nitrogen and oxygen atoms in total. The third-order valence-corrected chi connectivity index (χ3v) is 8.31. The standard InChI is InChI=1S/C19H19N3O3.C17H17NO2/c23-17-19(21-18(24)20-17)10-12-22(13-11-19)14-6-8-16(9-7-14)25-15-4-2-1-3-5-15;19-15-10-12-18(13-11-15)14-6-8-17(9-7-14)20-16-4-2-1-3-5-16/h1-9H,10-13H2,(H2,20,21,23,24);1-9H,10-13H2. The lowest BCUT2D eigenvalue weighted by Gasteiger charge is -2.38. The van der Waals surface area contributed by atoms with Crippen molar-refractivity contribution in [1.82, 2.24) is 10.6 Å². The van der Waals surface area contributed by atoms with E-state index in [-0.39, 0.29) is 11.9 Å². The summed E-state index contributed by atoms with van der Waals surface area (Å²) in [7, 11) is 0. The summed E-state index contributed by atoms with van der Waals surface area (Å²) in [5, 5.41) is 5.12. The molecule has 0 aromatic heterocycles. The number of rotatable bonds is 6. The number of para-hydroxylation sites is 2. The molecule has 9 heteroatoms. The van der Waals surface area contributed by atoms with E-state index < -0.39 is 5.54 Å². The van der Waals surface area contributed by atoms with E-state index in [1.165, 1.54) is 0 Å². The van der Waals surface area contributed by atoms with Crippen LogP contribution in [0.2, 0.25) is 0 Å². The number of piperidine rings is 2.